The van der Waals surface area contributed by atoms with Crippen LogP contribution in [0.4, 0.5) is 10.2 Å². The lowest BCUT2D eigenvalue weighted by Crippen LogP contribution is -2.41. The number of aryl methyl sites for hydroxylation is 2. The second-order valence-corrected chi connectivity index (χ2v) is 10.4. The summed E-state index contributed by atoms with van der Waals surface area (Å²) in [4.78, 5) is 27.2. The molecular formula is C27H35FN6O. The number of hydrogen-bond donors (Lipinski definition) is 0. The van der Waals surface area contributed by atoms with Gasteiger partial charge in [0.05, 0.1) is 16.8 Å². The van der Waals surface area contributed by atoms with E-state index in [2.05, 4.69) is 23.6 Å². The maximum atomic E-state index is 13.6. The third-order valence-electron chi connectivity index (χ3n) is 7.31. The van der Waals surface area contributed by atoms with Gasteiger partial charge in [0.1, 0.15) is 17.5 Å². The lowest BCUT2D eigenvalue weighted by atomic mass is 9.84. The zero-order chi connectivity index (χ0) is 24.5. The average Bonchev–Trinajstić information content (AvgIpc) is 2.97. The fraction of sp³-hybridized carbons (Fsp3) is 0.556. The third kappa shape index (κ3) is 4.88. The van der Waals surface area contributed by atoms with Gasteiger partial charge in [0.25, 0.3) is 0 Å². The van der Waals surface area contributed by atoms with Crippen molar-refractivity contribution in [2.45, 2.75) is 59.3 Å². The van der Waals surface area contributed by atoms with Crippen LogP contribution in [-0.2, 0) is 11.2 Å². The molecule has 5 rings (SSSR count). The number of anilines is 1. The summed E-state index contributed by atoms with van der Waals surface area (Å²) in [5, 5.41) is 5.72. The van der Waals surface area contributed by atoms with E-state index in [1.165, 1.54) is 18.6 Å². The Morgan fingerprint density at radius 3 is 2.51 bits per heavy atom. The Kier molecular flexibility index (Phi) is 6.71. The van der Waals surface area contributed by atoms with E-state index in [0.717, 1.165) is 85.8 Å². The van der Waals surface area contributed by atoms with Gasteiger partial charge in [0.15, 0.2) is 5.65 Å². The van der Waals surface area contributed by atoms with E-state index >= 15 is 0 Å². The van der Waals surface area contributed by atoms with Crippen molar-refractivity contribution in [1.82, 2.24) is 24.6 Å². The van der Waals surface area contributed by atoms with Gasteiger partial charge in [-0.2, -0.15) is 5.10 Å². The summed E-state index contributed by atoms with van der Waals surface area (Å²) in [6.07, 6.45) is 5.94. The van der Waals surface area contributed by atoms with Crippen LogP contribution in [-0.4, -0.2) is 56.7 Å². The summed E-state index contributed by atoms with van der Waals surface area (Å²) in [6, 6.07) is 6.35. The highest BCUT2D eigenvalue weighted by Crippen LogP contribution is 2.32. The standard InChI is InChI=1S/C27H35FN6O/c1-18(2)8-13-23-29-25(32-14-5-15-33(17-16-32)27(35)20-6-4-7-20)24-19(3)31-34(26(24)30-23)22-11-9-21(28)10-12-22/h9-12,18,20H,4-8,13-17H2,1-3H3. The number of amides is 1. The van der Waals surface area contributed by atoms with Gasteiger partial charge in [-0.1, -0.05) is 20.3 Å². The van der Waals surface area contributed by atoms with Crippen LogP contribution in [0.15, 0.2) is 24.3 Å². The number of fused-ring (bicyclic) bond motifs is 1. The molecular weight excluding hydrogens is 443 g/mol. The van der Waals surface area contributed by atoms with Crippen LogP contribution in [0.25, 0.3) is 16.7 Å². The second kappa shape index (κ2) is 9.91. The Hall–Kier alpha value is -3.03. The minimum absolute atomic E-state index is 0.228. The smallest absolute Gasteiger partial charge is 0.225 e. The highest BCUT2D eigenvalue weighted by molar-refractivity contribution is 5.91. The summed E-state index contributed by atoms with van der Waals surface area (Å²) in [5.74, 6) is 2.52. The Morgan fingerprint density at radius 2 is 1.83 bits per heavy atom. The van der Waals surface area contributed by atoms with Crippen molar-refractivity contribution < 1.29 is 9.18 Å². The highest BCUT2D eigenvalue weighted by atomic mass is 19.1. The quantitative estimate of drug-likeness (QED) is 0.514. The predicted octanol–water partition coefficient (Wildman–Crippen LogP) is 4.69. The molecule has 3 aromatic rings. The van der Waals surface area contributed by atoms with Gasteiger partial charge < -0.3 is 9.80 Å². The number of aromatic nitrogens is 4. The molecule has 1 aliphatic carbocycles. The normalized spacial score (nSPS) is 17.2. The summed E-state index contributed by atoms with van der Waals surface area (Å²) in [5.41, 5.74) is 2.38. The molecule has 8 heteroatoms. The molecule has 7 nitrogen and oxygen atoms in total. The highest BCUT2D eigenvalue weighted by Gasteiger charge is 2.31. The molecule has 0 atom stereocenters. The molecule has 2 aliphatic rings. The maximum Gasteiger partial charge on any atom is 0.225 e. The van der Waals surface area contributed by atoms with Crippen molar-refractivity contribution in [3.05, 3.63) is 41.6 Å². The first-order chi connectivity index (χ1) is 16.9. The van der Waals surface area contributed by atoms with Gasteiger partial charge in [-0.05, 0) is 62.8 Å². The topological polar surface area (TPSA) is 67.2 Å². The molecule has 1 saturated heterocycles. The molecule has 1 saturated carbocycles. The van der Waals surface area contributed by atoms with Crippen LogP contribution in [0.5, 0.6) is 0 Å². The number of benzene rings is 1. The molecule has 2 fully saturated rings. The number of halogens is 1. The van der Waals surface area contributed by atoms with E-state index < -0.39 is 0 Å². The summed E-state index contributed by atoms with van der Waals surface area (Å²) < 4.78 is 15.4. The van der Waals surface area contributed by atoms with Gasteiger partial charge >= 0.3 is 0 Å². The molecule has 1 amide bonds. The average molecular weight is 479 g/mol. The number of carbonyl (C=O) groups excluding carboxylic acids is 1. The van der Waals surface area contributed by atoms with E-state index in [-0.39, 0.29) is 11.7 Å². The van der Waals surface area contributed by atoms with Crippen LogP contribution in [0.1, 0.15) is 57.5 Å². The molecule has 0 unspecified atom stereocenters. The molecule has 1 aliphatic heterocycles. The van der Waals surface area contributed by atoms with Gasteiger partial charge in [0, 0.05) is 38.5 Å². The van der Waals surface area contributed by atoms with E-state index in [4.69, 9.17) is 15.1 Å². The molecule has 186 valence electrons. The maximum absolute atomic E-state index is 13.6. The monoisotopic (exact) mass is 478 g/mol. The van der Waals surface area contributed by atoms with Crippen LogP contribution >= 0.6 is 0 Å². The zero-order valence-electron chi connectivity index (χ0n) is 21.0. The van der Waals surface area contributed by atoms with Gasteiger partial charge in [-0.15, -0.1) is 0 Å². The Bertz CT molecular complexity index is 1200. The molecule has 0 bridgehead atoms. The molecule has 0 radical (unpaired) electrons. The minimum atomic E-state index is -0.277. The molecule has 3 heterocycles. The predicted molar refractivity (Wildman–Crippen MR) is 135 cm³/mol. The zero-order valence-corrected chi connectivity index (χ0v) is 21.0. The molecule has 0 N–H and O–H groups in total. The fourth-order valence-electron chi connectivity index (χ4n) is 4.99. The van der Waals surface area contributed by atoms with Gasteiger partial charge in [-0.3, -0.25) is 4.79 Å². The van der Waals surface area contributed by atoms with Crippen molar-refractivity contribution in [1.29, 1.82) is 0 Å². The van der Waals surface area contributed by atoms with Crippen molar-refractivity contribution in [3.8, 4) is 5.69 Å². The summed E-state index contributed by atoms with van der Waals surface area (Å²) in [6.45, 7) is 9.49. The summed E-state index contributed by atoms with van der Waals surface area (Å²) in [7, 11) is 0. The van der Waals surface area contributed by atoms with E-state index in [9.17, 15) is 9.18 Å². The van der Waals surface area contributed by atoms with Crippen molar-refractivity contribution in [3.63, 3.8) is 0 Å². The summed E-state index contributed by atoms with van der Waals surface area (Å²) >= 11 is 0. The van der Waals surface area contributed by atoms with Gasteiger partial charge in [-0.25, -0.2) is 19.0 Å². The second-order valence-electron chi connectivity index (χ2n) is 10.4. The Morgan fingerprint density at radius 1 is 1.06 bits per heavy atom. The largest absolute Gasteiger partial charge is 0.354 e. The lowest BCUT2D eigenvalue weighted by Gasteiger charge is -2.31. The minimum Gasteiger partial charge on any atom is -0.354 e. The van der Waals surface area contributed by atoms with E-state index in [1.807, 2.05) is 6.92 Å². The number of rotatable bonds is 6. The molecule has 2 aromatic heterocycles. The van der Waals surface area contributed by atoms with E-state index in [1.54, 1.807) is 16.8 Å². The Labute approximate surface area is 206 Å². The Balaban J connectivity index is 1.52. The molecule has 1 aromatic carbocycles. The van der Waals surface area contributed by atoms with Crippen molar-refractivity contribution >= 4 is 22.8 Å². The molecule has 0 spiro atoms. The van der Waals surface area contributed by atoms with Crippen LogP contribution in [0.2, 0.25) is 0 Å². The lowest BCUT2D eigenvalue weighted by molar-refractivity contribution is -0.137. The first kappa shape index (κ1) is 23.7. The van der Waals surface area contributed by atoms with Crippen molar-refractivity contribution in [2.24, 2.45) is 11.8 Å². The third-order valence-corrected chi connectivity index (χ3v) is 7.31. The number of carbonyl (C=O) groups is 1. The first-order valence-corrected chi connectivity index (χ1v) is 13.0. The van der Waals surface area contributed by atoms with Crippen molar-refractivity contribution in [2.75, 3.05) is 31.1 Å². The fourth-order valence-corrected chi connectivity index (χ4v) is 4.99. The van der Waals surface area contributed by atoms with Crippen LogP contribution in [0.3, 0.4) is 0 Å². The van der Waals surface area contributed by atoms with Gasteiger partial charge in [0.2, 0.25) is 5.91 Å². The van der Waals surface area contributed by atoms with Crippen LogP contribution in [0, 0.1) is 24.6 Å². The number of hydrogen-bond acceptors (Lipinski definition) is 5. The first-order valence-electron chi connectivity index (χ1n) is 13.0. The SMILES string of the molecule is Cc1nn(-c2ccc(F)cc2)c2nc(CCC(C)C)nc(N3CCCN(C(=O)C4CCC4)CC3)c12. The van der Waals surface area contributed by atoms with Crippen LogP contribution < -0.4 is 4.90 Å². The number of nitrogens with zero attached hydrogens (tertiary/aromatic N) is 6. The van der Waals surface area contributed by atoms with E-state index in [0.29, 0.717) is 18.4 Å². The molecule has 35 heavy (non-hydrogen) atoms.